The second-order valence-electron chi connectivity index (χ2n) is 6.61. The normalized spacial score (nSPS) is 24.9. The zero-order chi connectivity index (χ0) is 18.7. The maximum atomic E-state index is 11.8. The first-order valence-electron chi connectivity index (χ1n) is 8.93. The van der Waals surface area contributed by atoms with Crippen molar-refractivity contribution in [3.63, 3.8) is 0 Å². The number of nitrogens with one attached hydrogen (secondary N) is 1. The molecular formula is C19H25N3O4. The molecule has 1 aromatic carbocycles. The maximum Gasteiger partial charge on any atom is 0.220 e. The van der Waals surface area contributed by atoms with Gasteiger partial charge in [0, 0.05) is 12.6 Å². The highest BCUT2D eigenvalue weighted by atomic mass is 16.3. The fourth-order valence-electron chi connectivity index (χ4n) is 3.36. The molecule has 0 spiro atoms. The molecule has 3 unspecified atom stereocenters. The predicted octanol–water partition coefficient (Wildman–Crippen LogP) is 0.504. The second kappa shape index (κ2) is 7.99. The summed E-state index contributed by atoms with van der Waals surface area (Å²) in [7, 11) is 0. The number of rotatable bonds is 6. The van der Waals surface area contributed by atoms with Crippen LogP contribution in [0.25, 0.3) is 0 Å². The molecule has 7 nitrogen and oxygen atoms in total. The van der Waals surface area contributed by atoms with Gasteiger partial charge < -0.3 is 25.2 Å². The lowest BCUT2D eigenvalue weighted by Crippen LogP contribution is -2.51. The Kier molecular flexibility index (Phi) is 5.70. The van der Waals surface area contributed by atoms with E-state index in [9.17, 15) is 20.1 Å². The van der Waals surface area contributed by atoms with E-state index in [-0.39, 0.29) is 18.9 Å². The molecule has 7 heteroatoms. The molecule has 2 heterocycles. The Balaban J connectivity index is 1.86. The number of hydrogen-bond acceptors (Lipinski definition) is 5. The number of fused-ring (bicyclic) bond motifs is 1. The third kappa shape index (κ3) is 3.65. The molecule has 26 heavy (non-hydrogen) atoms. The average molecular weight is 359 g/mol. The number of hydrogen-bond donors (Lipinski definition) is 4. The van der Waals surface area contributed by atoms with E-state index in [1.165, 1.54) is 5.56 Å². The number of carbonyl (C=O) groups excluding carboxylic acids is 1. The molecule has 0 radical (unpaired) electrons. The molecule has 4 atom stereocenters. The quantitative estimate of drug-likeness (QED) is 0.601. The Morgan fingerprint density at radius 1 is 1.19 bits per heavy atom. The van der Waals surface area contributed by atoms with Gasteiger partial charge in [-0.1, -0.05) is 37.3 Å². The summed E-state index contributed by atoms with van der Waals surface area (Å²) in [5, 5.41) is 33.1. The van der Waals surface area contributed by atoms with E-state index < -0.39 is 24.3 Å². The summed E-state index contributed by atoms with van der Waals surface area (Å²) < 4.78 is 1.68. The van der Waals surface area contributed by atoms with Gasteiger partial charge in [-0.15, -0.1) is 0 Å². The molecule has 3 rings (SSSR count). The fraction of sp³-hybridized carbons (Fsp3) is 0.474. The average Bonchev–Trinajstić information content (AvgIpc) is 3.08. The van der Waals surface area contributed by atoms with Gasteiger partial charge in [0.15, 0.2) is 0 Å². The van der Waals surface area contributed by atoms with E-state index in [1.54, 1.807) is 17.7 Å². The summed E-state index contributed by atoms with van der Waals surface area (Å²) >= 11 is 0. The van der Waals surface area contributed by atoms with Crippen molar-refractivity contribution in [2.45, 2.75) is 50.5 Å². The smallest absolute Gasteiger partial charge is 0.220 e. The highest BCUT2D eigenvalue weighted by molar-refractivity contribution is 5.76. The molecule has 1 amide bonds. The minimum Gasteiger partial charge on any atom is -0.394 e. The van der Waals surface area contributed by atoms with Gasteiger partial charge in [-0.2, -0.15) is 0 Å². The van der Waals surface area contributed by atoms with Crippen LogP contribution >= 0.6 is 0 Å². The number of aromatic nitrogens is 2. The lowest BCUT2D eigenvalue weighted by Gasteiger charge is -2.38. The van der Waals surface area contributed by atoms with Gasteiger partial charge >= 0.3 is 0 Å². The molecular weight excluding hydrogens is 334 g/mol. The van der Waals surface area contributed by atoms with Crippen molar-refractivity contribution >= 4 is 5.91 Å². The molecule has 1 aliphatic rings. The van der Waals surface area contributed by atoms with Crippen molar-refractivity contribution in [1.29, 1.82) is 0 Å². The van der Waals surface area contributed by atoms with E-state index in [2.05, 4.69) is 10.3 Å². The van der Waals surface area contributed by atoms with Gasteiger partial charge in [0.2, 0.25) is 5.91 Å². The summed E-state index contributed by atoms with van der Waals surface area (Å²) in [6.45, 7) is 1.39. The SMILES string of the molecule is CCC(=O)NC1c2nc(CCc3ccccc3)cn2C(CO)[C@@H](O)C1O. The van der Waals surface area contributed by atoms with Crippen molar-refractivity contribution in [3.8, 4) is 0 Å². The summed E-state index contributed by atoms with van der Waals surface area (Å²) in [5.41, 5.74) is 1.98. The van der Waals surface area contributed by atoms with E-state index in [1.807, 2.05) is 30.3 Å². The molecule has 2 aromatic rings. The Bertz CT molecular complexity index is 746. The molecule has 0 saturated heterocycles. The van der Waals surface area contributed by atoms with Gasteiger partial charge in [0.05, 0.1) is 18.3 Å². The van der Waals surface area contributed by atoms with Crippen LogP contribution in [0, 0.1) is 0 Å². The first-order chi connectivity index (χ1) is 12.5. The fourth-order valence-corrected chi connectivity index (χ4v) is 3.36. The number of carbonyl (C=O) groups is 1. The molecule has 0 fully saturated rings. The number of benzene rings is 1. The van der Waals surface area contributed by atoms with E-state index in [0.717, 1.165) is 12.1 Å². The van der Waals surface area contributed by atoms with Crippen LogP contribution in [0.3, 0.4) is 0 Å². The lowest BCUT2D eigenvalue weighted by atomic mass is 9.94. The minimum absolute atomic E-state index is 0.232. The Morgan fingerprint density at radius 2 is 1.92 bits per heavy atom. The minimum atomic E-state index is -1.22. The van der Waals surface area contributed by atoms with E-state index in [0.29, 0.717) is 12.2 Å². The highest BCUT2D eigenvalue weighted by Crippen LogP contribution is 2.32. The second-order valence-corrected chi connectivity index (χ2v) is 6.61. The van der Waals surface area contributed by atoms with Crippen LogP contribution in [0.4, 0.5) is 0 Å². The van der Waals surface area contributed by atoms with Gasteiger partial charge in [-0.05, 0) is 18.4 Å². The first kappa shape index (κ1) is 18.6. The van der Waals surface area contributed by atoms with E-state index >= 15 is 0 Å². The molecule has 0 bridgehead atoms. The van der Waals surface area contributed by atoms with Crippen molar-refractivity contribution in [1.82, 2.24) is 14.9 Å². The topological polar surface area (TPSA) is 108 Å². The molecule has 4 N–H and O–H groups in total. The zero-order valence-corrected chi connectivity index (χ0v) is 14.7. The molecule has 0 aliphatic carbocycles. The number of aliphatic hydroxyl groups is 3. The number of aryl methyl sites for hydroxylation is 2. The monoisotopic (exact) mass is 359 g/mol. The summed E-state index contributed by atoms with van der Waals surface area (Å²) in [6, 6.07) is 8.54. The highest BCUT2D eigenvalue weighted by Gasteiger charge is 2.42. The van der Waals surface area contributed by atoms with Crippen LogP contribution in [0.15, 0.2) is 36.5 Å². The Morgan fingerprint density at radius 3 is 2.58 bits per heavy atom. The van der Waals surface area contributed by atoms with Crippen LogP contribution < -0.4 is 5.32 Å². The summed E-state index contributed by atoms with van der Waals surface area (Å²) in [5.74, 6) is 0.232. The summed E-state index contributed by atoms with van der Waals surface area (Å²) in [6.07, 6.45) is 1.13. The number of amides is 1. The molecule has 1 aromatic heterocycles. The Hall–Kier alpha value is -2.22. The lowest BCUT2D eigenvalue weighted by molar-refractivity contribution is -0.125. The van der Waals surface area contributed by atoms with Gasteiger partial charge in [0.25, 0.3) is 0 Å². The van der Waals surface area contributed by atoms with Gasteiger partial charge in [-0.25, -0.2) is 4.98 Å². The van der Waals surface area contributed by atoms with Crippen LogP contribution in [0.5, 0.6) is 0 Å². The molecule has 1 aliphatic heterocycles. The van der Waals surface area contributed by atoms with Crippen molar-refractivity contribution in [3.05, 3.63) is 53.6 Å². The van der Waals surface area contributed by atoms with Crippen LogP contribution in [0.2, 0.25) is 0 Å². The largest absolute Gasteiger partial charge is 0.394 e. The number of nitrogens with zero attached hydrogens (tertiary/aromatic N) is 2. The Labute approximate surface area is 152 Å². The van der Waals surface area contributed by atoms with Crippen molar-refractivity contribution < 1.29 is 20.1 Å². The number of imidazole rings is 1. The maximum absolute atomic E-state index is 11.8. The standard InChI is InChI=1S/C19H25N3O4/c1-2-15(24)21-16-18(26)17(25)14(11-23)22-10-13(20-19(16)22)9-8-12-6-4-3-5-7-12/h3-7,10,14,16-18,23,25-26H,2,8-9,11H2,1H3,(H,21,24)/t14?,16?,17-,18?/m1/s1. The van der Waals surface area contributed by atoms with Gasteiger partial charge in [-0.3, -0.25) is 4.79 Å². The molecule has 140 valence electrons. The van der Waals surface area contributed by atoms with Crippen LogP contribution in [0.1, 0.15) is 42.5 Å². The zero-order valence-electron chi connectivity index (χ0n) is 14.7. The van der Waals surface area contributed by atoms with Crippen molar-refractivity contribution in [2.75, 3.05) is 6.61 Å². The first-order valence-corrected chi connectivity index (χ1v) is 8.93. The third-order valence-corrected chi connectivity index (χ3v) is 4.87. The van der Waals surface area contributed by atoms with Crippen LogP contribution in [-0.4, -0.2) is 49.6 Å². The predicted molar refractivity (Wildman–Crippen MR) is 95.4 cm³/mol. The van der Waals surface area contributed by atoms with Gasteiger partial charge in [0.1, 0.15) is 24.1 Å². The van der Waals surface area contributed by atoms with Crippen LogP contribution in [-0.2, 0) is 17.6 Å². The number of aliphatic hydroxyl groups excluding tert-OH is 3. The van der Waals surface area contributed by atoms with E-state index in [4.69, 9.17) is 0 Å². The third-order valence-electron chi connectivity index (χ3n) is 4.87. The summed E-state index contributed by atoms with van der Waals surface area (Å²) in [4.78, 5) is 16.4. The van der Waals surface area contributed by atoms with Crippen molar-refractivity contribution in [2.24, 2.45) is 0 Å². The molecule has 0 saturated carbocycles.